The van der Waals surface area contributed by atoms with Crippen molar-refractivity contribution in [2.75, 3.05) is 6.54 Å². The molecule has 2 rings (SSSR count). The summed E-state index contributed by atoms with van der Waals surface area (Å²) in [6.45, 7) is 9.18. The monoisotopic (exact) mass is 332 g/mol. The van der Waals surface area contributed by atoms with E-state index in [4.69, 9.17) is 9.15 Å². The maximum absolute atomic E-state index is 12.2. The molecule has 0 spiro atoms. The Morgan fingerprint density at radius 1 is 1.25 bits per heavy atom. The summed E-state index contributed by atoms with van der Waals surface area (Å²) in [5, 5.41) is 13.1. The number of hydrogen-bond donors (Lipinski definition) is 2. The van der Waals surface area contributed by atoms with E-state index in [-0.39, 0.29) is 18.1 Å². The number of pyridine rings is 1. The summed E-state index contributed by atoms with van der Waals surface area (Å²) in [4.78, 5) is 16.3. The molecule has 2 aromatic rings. The highest BCUT2D eigenvalue weighted by Crippen LogP contribution is 2.22. The van der Waals surface area contributed by atoms with Crippen LogP contribution in [0, 0.1) is 6.92 Å². The fourth-order valence-electron chi connectivity index (χ4n) is 2.05. The van der Waals surface area contributed by atoms with E-state index < -0.39 is 5.60 Å². The molecular weight excluding hydrogens is 308 g/mol. The third-order valence-electron chi connectivity index (χ3n) is 3.27. The van der Waals surface area contributed by atoms with E-state index >= 15 is 0 Å². The van der Waals surface area contributed by atoms with Gasteiger partial charge in [-0.2, -0.15) is 0 Å². The van der Waals surface area contributed by atoms with E-state index in [1.54, 1.807) is 38.1 Å². The number of nitrogens with zero attached hydrogens (tertiary/aromatic N) is 1. The number of nitrogens with one attached hydrogen (secondary N) is 1. The number of aryl methyl sites for hydroxylation is 1. The van der Waals surface area contributed by atoms with E-state index in [9.17, 15) is 9.90 Å². The van der Waals surface area contributed by atoms with Gasteiger partial charge in [-0.05, 0) is 52.8 Å². The van der Waals surface area contributed by atoms with Gasteiger partial charge in [-0.15, -0.1) is 0 Å². The number of hydrogen-bond acceptors (Lipinski definition) is 5. The summed E-state index contributed by atoms with van der Waals surface area (Å²) >= 11 is 0. The highest BCUT2D eigenvalue weighted by Gasteiger charge is 2.27. The number of carbonyl (C=O) groups excluding carboxylic acids is 1. The molecule has 6 heteroatoms. The van der Waals surface area contributed by atoms with Crippen LogP contribution < -0.4 is 10.1 Å². The number of aromatic nitrogens is 1. The van der Waals surface area contributed by atoms with E-state index in [2.05, 4.69) is 10.3 Å². The zero-order chi connectivity index (χ0) is 18.0. The number of aliphatic hydroxyl groups is 1. The molecule has 1 amide bonds. The van der Waals surface area contributed by atoms with Gasteiger partial charge in [0, 0.05) is 12.3 Å². The van der Waals surface area contributed by atoms with Crippen molar-refractivity contribution in [2.24, 2.45) is 0 Å². The Kier molecular flexibility index (Phi) is 4.99. The van der Waals surface area contributed by atoms with Crippen molar-refractivity contribution in [1.29, 1.82) is 0 Å². The summed E-state index contributed by atoms with van der Waals surface area (Å²) in [5.74, 6) is 1.24. The van der Waals surface area contributed by atoms with Crippen LogP contribution in [-0.2, 0) is 5.60 Å². The smallest absolute Gasteiger partial charge is 0.252 e. The first-order chi connectivity index (χ1) is 11.1. The first-order valence-electron chi connectivity index (χ1n) is 7.79. The average Bonchev–Trinajstić information content (AvgIpc) is 2.91. The molecule has 2 aromatic heterocycles. The fourth-order valence-corrected chi connectivity index (χ4v) is 2.05. The second-order valence-electron chi connectivity index (χ2n) is 6.97. The zero-order valence-electron chi connectivity index (χ0n) is 14.7. The zero-order valence-corrected chi connectivity index (χ0v) is 14.7. The Hall–Kier alpha value is -2.34. The Labute approximate surface area is 141 Å². The summed E-state index contributed by atoms with van der Waals surface area (Å²) in [5.41, 5.74) is -1.24. The standard InChI is InChI=1S/C18H24N2O4/c1-12-6-8-14(23-12)18(5,22)11-20-16(21)13-7-9-15(19-10-13)24-17(2,3)4/h6-10,22H,11H2,1-5H3,(H,20,21). The summed E-state index contributed by atoms with van der Waals surface area (Å²) in [7, 11) is 0. The summed E-state index contributed by atoms with van der Waals surface area (Å²) in [6.07, 6.45) is 1.45. The van der Waals surface area contributed by atoms with Crippen LogP contribution in [0.3, 0.4) is 0 Å². The highest BCUT2D eigenvalue weighted by atomic mass is 16.5. The van der Waals surface area contributed by atoms with Gasteiger partial charge in [0.25, 0.3) is 5.91 Å². The van der Waals surface area contributed by atoms with Gasteiger partial charge in [0.2, 0.25) is 5.88 Å². The van der Waals surface area contributed by atoms with E-state index in [0.29, 0.717) is 23.0 Å². The van der Waals surface area contributed by atoms with Gasteiger partial charge in [-0.1, -0.05) is 0 Å². The minimum absolute atomic E-state index is 0.0268. The van der Waals surface area contributed by atoms with Gasteiger partial charge in [-0.3, -0.25) is 4.79 Å². The molecule has 1 unspecified atom stereocenters. The second-order valence-corrected chi connectivity index (χ2v) is 6.97. The van der Waals surface area contributed by atoms with Crippen LogP contribution in [0.5, 0.6) is 5.88 Å². The lowest BCUT2D eigenvalue weighted by Gasteiger charge is -2.21. The molecule has 0 bridgehead atoms. The lowest BCUT2D eigenvalue weighted by Crippen LogP contribution is -2.38. The van der Waals surface area contributed by atoms with Crippen LogP contribution in [0.15, 0.2) is 34.9 Å². The van der Waals surface area contributed by atoms with Crippen LogP contribution in [-0.4, -0.2) is 28.1 Å². The van der Waals surface area contributed by atoms with Gasteiger partial charge in [-0.25, -0.2) is 4.98 Å². The second kappa shape index (κ2) is 6.65. The molecule has 2 N–H and O–H groups in total. The molecule has 6 nitrogen and oxygen atoms in total. The number of furan rings is 1. The molecule has 2 heterocycles. The minimum atomic E-state index is -1.29. The van der Waals surface area contributed by atoms with Crippen LogP contribution in [0.2, 0.25) is 0 Å². The first kappa shape index (κ1) is 18.0. The van der Waals surface area contributed by atoms with Crippen LogP contribution >= 0.6 is 0 Å². The Bertz CT molecular complexity index is 697. The van der Waals surface area contributed by atoms with Gasteiger partial charge < -0.3 is 19.6 Å². The van der Waals surface area contributed by atoms with Crippen molar-refractivity contribution in [3.8, 4) is 5.88 Å². The van der Waals surface area contributed by atoms with Crippen molar-refractivity contribution in [1.82, 2.24) is 10.3 Å². The lowest BCUT2D eigenvalue weighted by atomic mass is 10.0. The largest absolute Gasteiger partial charge is 0.472 e. The van der Waals surface area contributed by atoms with Crippen molar-refractivity contribution in [3.63, 3.8) is 0 Å². The highest BCUT2D eigenvalue weighted by molar-refractivity contribution is 5.93. The van der Waals surface area contributed by atoms with Crippen molar-refractivity contribution < 1.29 is 19.1 Å². The molecule has 0 aromatic carbocycles. The normalized spacial score (nSPS) is 14.1. The molecule has 0 aliphatic heterocycles. The molecule has 0 aliphatic carbocycles. The van der Waals surface area contributed by atoms with Crippen molar-refractivity contribution in [3.05, 3.63) is 47.5 Å². The van der Waals surface area contributed by atoms with E-state index in [1.165, 1.54) is 6.20 Å². The SMILES string of the molecule is Cc1ccc(C(C)(O)CNC(=O)c2ccc(OC(C)(C)C)nc2)o1. The summed E-state index contributed by atoms with van der Waals surface area (Å²) < 4.78 is 11.0. The Morgan fingerprint density at radius 2 is 1.96 bits per heavy atom. The van der Waals surface area contributed by atoms with Gasteiger partial charge >= 0.3 is 0 Å². The van der Waals surface area contributed by atoms with Crippen LogP contribution in [0.4, 0.5) is 0 Å². The molecule has 0 fully saturated rings. The van der Waals surface area contributed by atoms with Crippen LogP contribution in [0.25, 0.3) is 0 Å². The van der Waals surface area contributed by atoms with E-state index in [1.807, 2.05) is 20.8 Å². The quantitative estimate of drug-likeness (QED) is 0.879. The number of rotatable bonds is 5. The summed E-state index contributed by atoms with van der Waals surface area (Å²) in [6, 6.07) is 6.74. The van der Waals surface area contributed by atoms with Crippen molar-refractivity contribution >= 4 is 5.91 Å². The molecule has 0 saturated heterocycles. The molecular formula is C18H24N2O4. The molecule has 130 valence electrons. The maximum Gasteiger partial charge on any atom is 0.252 e. The molecule has 0 saturated carbocycles. The first-order valence-corrected chi connectivity index (χ1v) is 7.79. The number of amides is 1. The lowest BCUT2D eigenvalue weighted by molar-refractivity contribution is 0.0323. The van der Waals surface area contributed by atoms with Crippen LogP contribution in [0.1, 0.15) is 49.6 Å². The maximum atomic E-state index is 12.2. The van der Waals surface area contributed by atoms with Gasteiger partial charge in [0.15, 0.2) is 0 Å². The van der Waals surface area contributed by atoms with Crippen molar-refractivity contribution in [2.45, 2.75) is 45.8 Å². The molecule has 24 heavy (non-hydrogen) atoms. The Balaban J connectivity index is 1.97. The fraction of sp³-hybridized carbons (Fsp3) is 0.444. The van der Waals surface area contributed by atoms with Gasteiger partial charge in [0.1, 0.15) is 22.7 Å². The molecule has 0 radical (unpaired) electrons. The number of carbonyl (C=O) groups is 1. The minimum Gasteiger partial charge on any atom is -0.472 e. The third kappa shape index (κ3) is 4.83. The Morgan fingerprint density at radius 3 is 2.46 bits per heavy atom. The molecule has 1 atom stereocenters. The predicted molar refractivity (Wildman–Crippen MR) is 90.0 cm³/mol. The average molecular weight is 332 g/mol. The topological polar surface area (TPSA) is 84.6 Å². The predicted octanol–water partition coefficient (Wildman–Crippen LogP) is 2.80. The third-order valence-corrected chi connectivity index (χ3v) is 3.27. The van der Waals surface area contributed by atoms with Gasteiger partial charge in [0.05, 0.1) is 12.1 Å². The van der Waals surface area contributed by atoms with E-state index in [0.717, 1.165) is 0 Å². The number of ether oxygens (including phenoxy) is 1. The molecule has 0 aliphatic rings.